The zero-order valence-electron chi connectivity index (χ0n) is 17.3. The van der Waals surface area contributed by atoms with Crippen LogP contribution in [-0.4, -0.2) is 37.1 Å². The highest BCUT2D eigenvalue weighted by molar-refractivity contribution is 7.21. The summed E-state index contributed by atoms with van der Waals surface area (Å²) in [5.74, 6) is 1.60. The highest BCUT2D eigenvalue weighted by Gasteiger charge is 2.32. The van der Waals surface area contributed by atoms with Gasteiger partial charge in [0.05, 0.1) is 16.3 Å². The van der Waals surface area contributed by atoms with Crippen LogP contribution in [0.5, 0.6) is 0 Å². The number of nitrogens with zero attached hydrogens (tertiary/aromatic N) is 5. The van der Waals surface area contributed by atoms with E-state index in [0.29, 0.717) is 18.7 Å². The van der Waals surface area contributed by atoms with E-state index in [1.807, 2.05) is 60.4 Å². The van der Waals surface area contributed by atoms with Gasteiger partial charge in [0.15, 0.2) is 16.7 Å². The monoisotopic (exact) mass is 457 g/mol. The first-order chi connectivity index (χ1) is 15.7. The summed E-state index contributed by atoms with van der Waals surface area (Å²) < 4.78 is 3.23. The zero-order valence-corrected chi connectivity index (χ0v) is 18.9. The Morgan fingerprint density at radius 2 is 1.84 bits per heavy atom. The van der Waals surface area contributed by atoms with Crippen LogP contribution in [0.15, 0.2) is 66.0 Å². The van der Waals surface area contributed by atoms with Crippen molar-refractivity contribution in [2.45, 2.75) is 19.5 Å². The van der Waals surface area contributed by atoms with Gasteiger partial charge < -0.3 is 9.47 Å². The molecule has 0 radical (unpaired) electrons. The van der Waals surface area contributed by atoms with Crippen molar-refractivity contribution < 1.29 is 4.79 Å². The van der Waals surface area contributed by atoms with Crippen molar-refractivity contribution in [3.63, 3.8) is 0 Å². The Balaban J connectivity index is 1.27. The maximum absolute atomic E-state index is 13.3. The van der Waals surface area contributed by atoms with E-state index in [0.717, 1.165) is 32.4 Å². The van der Waals surface area contributed by atoms with E-state index in [9.17, 15) is 4.79 Å². The number of hydrogen-bond donors (Lipinski definition) is 0. The third-order valence-electron chi connectivity index (χ3n) is 5.87. The summed E-state index contributed by atoms with van der Waals surface area (Å²) in [5, 5.41) is 11.8. The summed E-state index contributed by atoms with van der Waals surface area (Å²) in [7, 11) is 0. The minimum atomic E-state index is -0.163. The number of aromatic nitrogens is 4. The Kier molecular flexibility index (Phi) is 4.62. The number of thiophene rings is 1. The Hall–Kier alpha value is -3.36. The second kappa shape index (κ2) is 7.65. The highest BCUT2D eigenvalue weighted by atomic mass is 32.1. The van der Waals surface area contributed by atoms with Crippen LogP contribution in [0.1, 0.15) is 29.1 Å². The average molecular weight is 458 g/mol. The fourth-order valence-electron chi connectivity index (χ4n) is 4.17. The molecule has 0 aliphatic carbocycles. The van der Waals surface area contributed by atoms with Crippen LogP contribution in [-0.2, 0) is 6.54 Å². The van der Waals surface area contributed by atoms with Gasteiger partial charge in [-0.25, -0.2) is 4.98 Å². The third-order valence-corrected chi connectivity index (χ3v) is 7.82. The molecular formula is C24H19N5OS2. The molecule has 1 aliphatic rings. The quantitative estimate of drug-likeness (QED) is 0.359. The van der Waals surface area contributed by atoms with Gasteiger partial charge in [0.1, 0.15) is 0 Å². The Morgan fingerprint density at radius 1 is 1.00 bits per heavy atom. The topological polar surface area (TPSA) is 63.9 Å². The first kappa shape index (κ1) is 19.3. The van der Waals surface area contributed by atoms with E-state index < -0.39 is 0 Å². The van der Waals surface area contributed by atoms with Crippen LogP contribution in [0, 0.1) is 0 Å². The molecule has 1 aliphatic heterocycles. The van der Waals surface area contributed by atoms with E-state index in [4.69, 9.17) is 4.98 Å². The van der Waals surface area contributed by atoms with E-state index >= 15 is 0 Å². The van der Waals surface area contributed by atoms with Crippen LogP contribution in [0.2, 0.25) is 0 Å². The normalized spacial score (nSPS) is 15.8. The molecule has 0 spiro atoms. The number of benzene rings is 2. The number of para-hydroxylation sites is 1. The lowest BCUT2D eigenvalue weighted by Gasteiger charge is -2.33. The number of thiazole rings is 1. The van der Waals surface area contributed by atoms with E-state index in [-0.39, 0.29) is 11.9 Å². The number of carbonyl (C=O) groups is 1. The smallest absolute Gasteiger partial charge is 0.254 e. The fraction of sp³-hybridized carbons (Fsp3) is 0.167. The number of hydrogen-bond acceptors (Lipinski definition) is 6. The predicted molar refractivity (Wildman–Crippen MR) is 128 cm³/mol. The molecule has 6 nitrogen and oxygen atoms in total. The molecule has 32 heavy (non-hydrogen) atoms. The Labute approximate surface area is 192 Å². The standard InChI is InChI=1S/C24H19N5OS2/c1-15-21-26-27-22(23-25-18-5-2-3-6-20(18)32-23)29(21)13-12-28(15)24(30)17-10-8-16(9-11-17)19-7-4-14-31-19/h2-11,14-15H,12-13H2,1H3/t15-/m1/s1. The van der Waals surface area contributed by atoms with Crippen molar-refractivity contribution >= 4 is 38.8 Å². The van der Waals surface area contributed by atoms with Gasteiger partial charge in [0, 0.05) is 23.5 Å². The number of fused-ring (bicyclic) bond motifs is 2. The molecular weight excluding hydrogens is 438 g/mol. The summed E-state index contributed by atoms with van der Waals surface area (Å²) in [4.78, 5) is 21.1. The second-order valence-electron chi connectivity index (χ2n) is 7.75. The molecule has 0 fully saturated rings. The van der Waals surface area contributed by atoms with Crippen molar-refractivity contribution in [2.75, 3.05) is 6.54 Å². The van der Waals surface area contributed by atoms with Gasteiger partial charge in [-0.2, -0.15) is 0 Å². The molecule has 8 heteroatoms. The molecule has 0 N–H and O–H groups in total. The average Bonchev–Trinajstić information content (AvgIpc) is 3.58. The van der Waals surface area contributed by atoms with E-state index in [2.05, 4.69) is 32.3 Å². The lowest BCUT2D eigenvalue weighted by atomic mass is 10.1. The summed E-state index contributed by atoms with van der Waals surface area (Å²) in [5.41, 5.74) is 2.79. The van der Waals surface area contributed by atoms with E-state index in [1.54, 1.807) is 22.7 Å². The van der Waals surface area contributed by atoms with Gasteiger partial charge in [-0.1, -0.05) is 30.3 Å². The van der Waals surface area contributed by atoms with Crippen molar-refractivity contribution in [1.82, 2.24) is 24.6 Å². The highest BCUT2D eigenvalue weighted by Crippen LogP contribution is 2.33. The summed E-state index contributed by atoms with van der Waals surface area (Å²) in [6, 6.07) is 19.9. The lowest BCUT2D eigenvalue weighted by Crippen LogP contribution is -2.41. The van der Waals surface area contributed by atoms with Gasteiger partial charge in [-0.05, 0) is 48.2 Å². The molecule has 0 bridgehead atoms. The van der Waals surface area contributed by atoms with Crippen LogP contribution >= 0.6 is 22.7 Å². The van der Waals surface area contributed by atoms with E-state index in [1.165, 1.54) is 4.88 Å². The Morgan fingerprint density at radius 3 is 2.62 bits per heavy atom. The molecule has 0 saturated heterocycles. The van der Waals surface area contributed by atoms with Crippen LogP contribution < -0.4 is 0 Å². The van der Waals surface area contributed by atoms with Crippen LogP contribution in [0.3, 0.4) is 0 Å². The van der Waals surface area contributed by atoms with Crippen molar-refractivity contribution in [3.05, 3.63) is 77.4 Å². The molecule has 0 unspecified atom stereocenters. The molecule has 0 saturated carbocycles. The van der Waals surface area contributed by atoms with Crippen LogP contribution in [0.4, 0.5) is 0 Å². The third kappa shape index (κ3) is 3.14. The van der Waals surface area contributed by atoms with Crippen molar-refractivity contribution in [2.24, 2.45) is 0 Å². The molecule has 2 aromatic carbocycles. The molecule has 4 heterocycles. The first-order valence-electron chi connectivity index (χ1n) is 10.4. The maximum Gasteiger partial charge on any atom is 0.254 e. The molecule has 158 valence electrons. The second-order valence-corrected chi connectivity index (χ2v) is 9.73. The molecule has 1 amide bonds. The van der Waals surface area contributed by atoms with Gasteiger partial charge >= 0.3 is 0 Å². The van der Waals surface area contributed by atoms with Crippen molar-refractivity contribution in [3.8, 4) is 21.3 Å². The maximum atomic E-state index is 13.3. The molecule has 6 rings (SSSR count). The predicted octanol–water partition coefficient (Wildman–Crippen LogP) is 5.50. The van der Waals surface area contributed by atoms with Gasteiger partial charge in [-0.15, -0.1) is 32.9 Å². The SMILES string of the molecule is C[C@@H]1c2nnc(-c3nc4ccccc4s3)n2CCN1C(=O)c1ccc(-c2cccs2)cc1. The molecule has 1 atom stereocenters. The largest absolute Gasteiger partial charge is 0.327 e. The minimum absolute atomic E-state index is 0.0195. The van der Waals surface area contributed by atoms with Gasteiger partial charge in [0.25, 0.3) is 5.91 Å². The first-order valence-corrected chi connectivity index (χ1v) is 12.1. The minimum Gasteiger partial charge on any atom is -0.327 e. The zero-order chi connectivity index (χ0) is 21.7. The fourth-order valence-corrected chi connectivity index (χ4v) is 5.87. The molecule has 5 aromatic rings. The van der Waals surface area contributed by atoms with Crippen molar-refractivity contribution in [1.29, 1.82) is 0 Å². The number of carbonyl (C=O) groups excluding carboxylic acids is 1. The summed E-state index contributed by atoms with van der Waals surface area (Å²) >= 11 is 3.31. The number of rotatable bonds is 3. The summed E-state index contributed by atoms with van der Waals surface area (Å²) in [6.07, 6.45) is 0. The van der Waals surface area contributed by atoms with Gasteiger partial charge in [-0.3, -0.25) is 4.79 Å². The van der Waals surface area contributed by atoms with Crippen LogP contribution in [0.25, 0.3) is 31.5 Å². The van der Waals surface area contributed by atoms with Gasteiger partial charge in [0.2, 0.25) is 0 Å². The lowest BCUT2D eigenvalue weighted by molar-refractivity contribution is 0.0638. The summed E-state index contributed by atoms with van der Waals surface area (Å²) in [6.45, 7) is 3.27. The molecule has 3 aromatic heterocycles. The Bertz CT molecular complexity index is 1390. The number of amides is 1.